The fraction of sp³-hybridized carbons (Fsp3) is 0.158. The summed E-state index contributed by atoms with van der Waals surface area (Å²) in [6, 6.07) is 23.5. The molecule has 0 aliphatic heterocycles. The Morgan fingerprint density at radius 3 is 2.29 bits per heavy atom. The maximum absolute atomic E-state index is 3.54. The average molecular weight is 276 g/mol. The summed E-state index contributed by atoms with van der Waals surface area (Å²) < 4.78 is 0. The number of rotatable bonds is 4. The molecule has 2 nitrogen and oxygen atoms in total. The zero-order chi connectivity index (χ0) is 14.7. The molecule has 0 spiro atoms. The molecule has 0 aliphatic carbocycles. The van der Waals surface area contributed by atoms with Crippen molar-refractivity contribution in [3.63, 3.8) is 0 Å². The molecule has 0 bridgehead atoms. The first-order valence-electron chi connectivity index (χ1n) is 7.22. The van der Waals surface area contributed by atoms with Crippen LogP contribution in [0.1, 0.15) is 5.56 Å². The lowest BCUT2D eigenvalue weighted by molar-refractivity contribution is 1.11. The minimum Gasteiger partial charge on any atom is -0.380 e. The topological polar surface area (TPSA) is 15.3 Å². The summed E-state index contributed by atoms with van der Waals surface area (Å²) >= 11 is 0. The van der Waals surface area contributed by atoms with Gasteiger partial charge >= 0.3 is 0 Å². The molecule has 0 aromatic heterocycles. The van der Waals surface area contributed by atoms with Crippen molar-refractivity contribution in [2.75, 3.05) is 24.3 Å². The zero-order valence-corrected chi connectivity index (χ0v) is 12.5. The first kappa shape index (κ1) is 13.5. The molecule has 0 amide bonds. The second kappa shape index (κ2) is 5.88. The third-order valence-electron chi connectivity index (χ3n) is 3.73. The zero-order valence-electron chi connectivity index (χ0n) is 12.5. The summed E-state index contributed by atoms with van der Waals surface area (Å²) in [4.78, 5) is 2.11. The highest BCUT2D eigenvalue weighted by molar-refractivity contribution is 5.93. The van der Waals surface area contributed by atoms with Crippen LogP contribution in [0.15, 0.2) is 66.7 Å². The molecule has 0 saturated heterocycles. The van der Waals surface area contributed by atoms with Gasteiger partial charge in [0.15, 0.2) is 0 Å². The Bertz CT molecular complexity index is 725. The molecule has 0 radical (unpaired) electrons. The first-order chi connectivity index (χ1) is 10.2. The molecule has 0 unspecified atom stereocenters. The number of nitrogens with one attached hydrogen (secondary N) is 1. The Kier molecular flexibility index (Phi) is 3.78. The fourth-order valence-electron chi connectivity index (χ4n) is 2.49. The summed E-state index contributed by atoms with van der Waals surface area (Å²) in [7, 11) is 4.12. The highest BCUT2D eigenvalue weighted by Crippen LogP contribution is 2.23. The normalized spacial score (nSPS) is 10.6. The molecule has 0 fully saturated rings. The Hall–Kier alpha value is -2.48. The van der Waals surface area contributed by atoms with Crippen LogP contribution in [0.25, 0.3) is 10.8 Å². The molecule has 21 heavy (non-hydrogen) atoms. The second-order valence-corrected chi connectivity index (χ2v) is 5.44. The summed E-state index contributed by atoms with van der Waals surface area (Å²) in [5.41, 5.74) is 3.70. The van der Waals surface area contributed by atoms with E-state index in [4.69, 9.17) is 0 Å². The van der Waals surface area contributed by atoms with E-state index in [9.17, 15) is 0 Å². The van der Waals surface area contributed by atoms with Crippen molar-refractivity contribution in [3.05, 3.63) is 72.3 Å². The summed E-state index contributed by atoms with van der Waals surface area (Å²) in [6.07, 6.45) is 0. The lowest BCUT2D eigenvalue weighted by Crippen LogP contribution is -2.08. The van der Waals surface area contributed by atoms with Crippen LogP contribution in [0.3, 0.4) is 0 Å². The second-order valence-electron chi connectivity index (χ2n) is 5.44. The van der Waals surface area contributed by atoms with Crippen molar-refractivity contribution in [2.24, 2.45) is 0 Å². The maximum atomic E-state index is 3.54. The van der Waals surface area contributed by atoms with Crippen LogP contribution in [0.2, 0.25) is 0 Å². The average Bonchev–Trinajstić information content (AvgIpc) is 2.53. The van der Waals surface area contributed by atoms with Gasteiger partial charge in [0.1, 0.15) is 0 Å². The van der Waals surface area contributed by atoms with E-state index in [1.807, 2.05) is 0 Å². The van der Waals surface area contributed by atoms with Gasteiger partial charge in [0, 0.05) is 37.4 Å². The maximum Gasteiger partial charge on any atom is 0.0422 e. The predicted octanol–water partition coefficient (Wildman–Crippen LogP) is 4.52. The van der Waals surface area contributed by atoms with Crippen LogP contribution in [0.5, 0.6) is 0 Å². The number of anilines is 2. The standard InChI is InChI=1S/C19H20N2/c1-21(2)17-12-10-15(11-13-17)14-20-19-9-5-7-16-6-3-4-8-18(16)19/h3-13,20H,14H2,1-2H3. The highest BCUT2D eigenvalue weighted by atomic mass is 15.1. The van der Waals surface area contributed by atoms with Gasteiger partial charge in [0.25, 0.3) is 0 Å². The van der Waals surface area contributed by atoms with Gasteiger partial charge < -0.3 is 10.2 Å². The number of hydrogen-bond acceptors (Lipinski definition) is 2. The molecule has 106 valence electrons. The Morgan fingerprint density at radius 1 is 0.810 bits per heavy atom. The fourth-order valence-corrected chi connectivity index (χ4v) is 2.49. The predicted molar refractivity (Wildman–Crippen MR) is 92.0 cm³/mol. The Labute approximate surface area is 126 Å². The molecule has 3 aromatic rings. The lowest BCUT2D eigenvalue weighted by Gasteiger charge is -2.13. The van der Waals surface area contributed by atoms with Gasteiger partial charge in [-0.3, -0.25) is 0 Å². The Morgan fingerprint density at radius 2 is 1.52 bits per heavy atom. The molecule has 0 atom stereocenters. The number of fused-ring (bicyclic) bond motifs is 1. The van der Waals surface area contributed by atoms with Gasteiger partial charge in [-0.2, -0.15) is 0 Å². The molecule has 0 saturated carbocycles. The highest BCUT2D eigenvalue weighted by Gasteiger charge is 2.00. The van der Waals surface area contributed by atoms with Gasteiger partial charge in [0.2, 0.25) is 0 Å². The van der Waals surface area contributed by atoms with Crippen molar-refractivity contribution in [2.45, 2.75) is 6.54 Å². The van der Waals surface area contributed by atoms with E-state index >= 15 is 0 Å². The quantitative estimate of drug-likeness (QED) is 0.753. The third-order valence-corrected chi connectivity index (χ3v) is 3.73. The van der Waals surface area contributed by atoms with Gasteiger partial charge in [0.05, 0.1) is 0 Å². The third kappa shape index (κ3) is 3.00. The monoisotopic (exact) mass is 276 g/mol. The van der Waals surface area contributed by atoms with Crippen molar-refractivity contribution >= 4 is 22.1 Å². The van der Waals surface area contributed by atoms with Crippen LogP contribution >= 0.6 is 0 Å². The van der Waals surface area contributed by atoms with Crippen molar-refractivity contribution in [3.8, 4) is 0 Å². The first-order valence-corrected chi connectivity index (χ1v) is 7.22. The molecular formula is C19H20N2. The molecule has 3 rings (SSSR count). The summed E-state index contributed by atoms with van der Waals surface area (Å²) in [5, 5.41) is 6.08. The minimum atomic E-state index is 0.835. The smallest absolute Gasteiger partial charge is 0.0422 e. The van der Waals surface area contributed by atoms with Crippen LogP contribution in [-0.4, -0.2) is 14.1 Å². The van der Waals surface area contributed by atoms with E-state index in [0.717, 1.165) is 6.54 Å². The Balaban J connectivity index is 1.77. The van der Waals surface area contributed by atoms with Gasteiger partial charge in [-0.1, -0.05) is 48.5 Å². The largest absolute Gasteiger partial charge is 0.380 e. The van der Waals surface area contributed by atoms with E-state index in [-0.39, 0.29) is 0 Å². The lowest BCUT2D eigenvalue weighted by atomic mass is 10.1. The van der Waals surface area contributed by atoms with Crippen LogP contribution in [0, 0.1) is 0 Å². The van der Waals surface area contributed by atoms with Crippen LogP contribution in [0.4, 0.5) is 11.4 Å². The van der Waals surface area contributed by atoms with Crippen molar-refractivity contribution in [1.82, 2.24) is 0 Å². The SMILES string of the molecule is CN(C)c1ccc(CNc2cccc3ccccc23)cc1. The van der Waals surface area contributed by atoms with E-state index < -0.39 is 0 Å². The van der Waals surface area contributed by atoms with Crippen LogP contribution < -0.4 is 10.2 Å². The van der Waals surface area contributed by atoms with Crippen molar-refractivity contribution in [1.29, 1.82) is 0 Å². The molecule has 3 aromatic carbocycles. The van der Waals surface area contributed by atoms with Gasteiger partial charge in [-0.25, -0.2) is 0 Å². The molecule has 1 N–H and O–H groups in total. The number of benzene rings is 3. The van der Waals surface area contributed by atoms with E-state index in [1.54, 1.807) is 0 Å². The van der Waals surface area contributed by atoms with E-state index in [2.05, 4.69) is 91.0 Å². The molecular weight excluding hydrogens is 256 g/mol. The summed E-state index contributed by atoms with van der Waals surface area (Å²) in [5.74, 6) is 0. The van der Waals surface area contributed by atoms with Crippen LogP contribution in [-0.2, 0) is 6.54 Å². The molecule has 2 heteroatoms. The molecule has 0 heterocycles. The van der Waals surface area contributed by atoms with Crippen molar-refractivity contribution < 1.29 is 0 Å². The number of nitrogens with zero attached hydrogens (tertiary/aromatic N) is 1. The summed E-state index contributed by atoms with van der Waals surface area (Å²) in [6.45, 7) is 0.835. The van der Waals surface area contributed by atoms with Gasteiger partial charge in [-0.15, -0.1) is 0 Å². The van der Waals surface area contributed by atoms with Gasteiger partial charge in [-0.05, 0) is 29.1 Å². The van der Waals surface area contributed by atoms with E-state index in [1.165, 1.54) is 27.7 Å². The molecule has 0 aliphatic rings. The minimum absolute atomic E-state index is 0.835. The number of hydrogen-bond donors (Lipinski definition) is 1. The van der Waals surface area contributed by atoms with E-state index in [0.29, 0.717) is 0 Å².